The molecule has 1 heterocycles. The van der Waals surface area contributed by atoms with Gasteiger partial charge >= 0.3 is 11.9 Å². The summed E-state index contributed by atoms with van der Waals surface area (Å²) in [6.45, 7) is 2.25. The standard InChI is InChI=1S/C16H28O3/c1-2-3-4-5-6-7-8-9-10-11-12-13-14-15(17)19-16(14)18/h14H,2-13H2,1H3. The molecule has 0 aromatic carbocycles. The highest BCUT2D eigenvalue weighted by Gasteiger charge is 2.40. The summed E-state index contributed by atoms with van der Waals surface area (Å²) in [5.74, 6) is -1.08. The molecular formula is C16H28O3. The third-order valence-electron chi connectivity index (χ3n) is 3.87. The highest BCUT2D eigenvalue weighted by Crippen LogP contribution is 2.22. The van der Waals surface area contributed by atoms with Crippen LogP contribution in [0.15, 0.2) is 0 Å². The maximum absolute atomic E-state index is 10.9. The molecular weight excluding hydrogens is 240 g/mol. The van der Waals surface area contributed by atoms with Crippen molar-refractivity contribution < 1.29 is 14.3 Å². The van der Waals surface area contributed by atoms with Crippen LogP contribution in [0.25, 0.3) is 0 Å². The number of unbranched alkanes of at least 4 members (excludes halogenated alkanes) is 10. The number of hydrogen-bond donors (Lipinski definition) is 0. The Balaban J connectivity index is 1.76. The molecule has 1 rings (SSSR count). The largest absolute Gasteiger partial charge is 0.392 e. The van der Waals surface area contributed by atoms with Crippen LogP contribution < -0.4 is 0 Å². The van der Waals surface area contributed by atoms with Crippen LogP contribution in [-0.4, -0.2) is 11.9 Å². The second-order valence-corrected chi connectivity index (χ2v) is 5.62. The molecule has 0 aliphatic carbocycles. The van der Waals surface area contributed by atoms with Crippen molar-refractivity contribution >= 4 is 11.9 Å². The molecule has 3 heteroatoms. The van der Waals surface area contributed by atoms with E-state index in [1.54, 1.807) is 0 Å². The van der Waals surface area contributed by atoms with E-state index in [1.807, 2.05) is 0 Å². The van der Waals surface area contributed by atoms with Gasteiger partial charge in [-0.05, 0) is 6.42 Å². The van der Waals surface area contributed by atoms with Gasteiger partial charge in [0.1, 0.15) is 0 Å². The van der Waals surface area contributed by atoms with E-state index >= 15 is 0 Å². The first-order chi connectivity index (χ1) is 9.25. The second-order valence-electron chi connectivity index (χ2n) is 5.62. The van der Waals surface area contributed by atoms with Gasteiger partial charge in [-0.25, -0.2) is 0 Å². The lowest BCUT2D eigenvalue weighted by Crippen LogP contribution is -2.40. The van der Waals surface area contributed by atoms with Gasteiger partial charge in [0, 0.05) is 0 Å². The molecule has 0 aromatic heterocycles. The number of carbonyl (C=O) groups excluding carboxylic acids is 2. The fourth-order valence-corrected chi connectivity index (χ4v) is 2.53. The lowest BCUT2D eigenvalue weighted by atomic mass is 9.97. The molecule has 1 fully saturated rings. The van der Waals surface area contributed by atoms with Crippen molar-refractivity contribution in [1.29, 1.82) is 0 Å². The Kier molecular flexibility index (Phi) is 8.52. The minimum Gasteiger partial charge on any atom is -0.392 e. The van der Waals surface area contributed by atoms with E-state index in [9.17, 15) is 9.59 Å². The van der Waals surface area contributed by atoms with Crippen LogP contribution >= 0.6 is 0 Å². The number of carbonyl (C=O) groups is 2. The molecule has 1 saturated heterocycles. The third-order valence-corrected chi connectivity index (χ3v) is 3.87. The van der Waals surface area contributed by atoms with Crippen LogP contribution in [0.5, 0.6) is 0 Å². The topological polar surface area (TPSA) is 43.4 Å². The van der Waals surface area contributed by atoms with Crippen LogP contribution in [-0.2, 0) is 14.3 Å². The Labute approximate surface area is 117 Å². The van der Waals surface area contributed by atoms with Gasteiger partial charge in [0.25, 0.3) is 0 Å². The summed E-state index contributed by atoms with van der Waals surface area (Å²) in [5, 5.41) is 0. The normalized spacial score (nSPS) is 15.4. The van der Waals surface area contributed by atoms with Gasteiger partial charge in [0.15, 0.2) is 5.92 Å². The average molecular weight is 268 g/mol. The Hall–Kier alpha value is -0.860. The van der Waals surface area contributed by atoms with E-state index in [4.69, 9.17) is 0 Å². The van der Waals surface area contributed by atoms with E-state index < -0.39 is 5.92 Å². The molecule has 0 amide bonds. The zero-order valence-corrected chi connectivity index (χ0v) is 12.3. The van der Waals surface area contributed by atoms with Crippen LogP contribution in [0, 0.1) is 5.92 Å². The summed E-state index contributed by atoms with van der Waals surface area (Å²) >= 11 is 0. The Morgan fingerprint density at radius 3 is 1.58 bits per heavy atom. The van der Waals surface area contributed by atoms with Crippen LogP contribution in [0.4, 0.5) is 0 Å². The number of rotatable bonds is 12. The van der Waals surface area contributed by atoms with Crippen molar-refractivity contribution in [3.63, 3.8) is 0 Å². The zero-order valence-electron chi connectivity index (χ0n) is 12.3. The first-order valence-corrected chi connectivity index (χ1v) is 8.01. The first kappa shape index (κ1) is 16.2. The molecule has 110 valence electrons. The summed E-state index contributed by atoms with van der Waals surface area (Å²) in [6.07, 6.45) is 14.8. The lowest BCUT2D eigenvalue weighted by Gasteiger charge is -2.21. The van der Waals surface area contributed by atoms with E-state index in [-0.39, 0.29) is 11.9 Å². The molecule has 0 bridgehead atoms. The molecule has 0 saturated carbocycles. The van der Waals surface area contributed by atoms with Crippen molar-refractivity contribution in [3.8, 4) is 0 Å². The monoisotopic (exact) mass is 268 g/mol. The molecule has 3 nitrogen and oxygen atoms in total. The van der Waals surface area contributed by atoms with E-state index in [0.29, 0.717) is 6.42 Å². The lowest BCUT2D eigenvalue weighted by molar-refractivity contribution is -0.184. The fourth-order valence-electron chi connectivity index (χ4n) is 2.53. The molecule has 0 spiro atoms. The first-order valence-electron chi connectivity index (χ1n) is 8.01. The van der Waals surface area contributed by atoms with Gasteiger partial charge in [0.2, 0.25) is 0 Å². The van der Waals surface area contributed by atoms with Crippen molar-refractivity contribution in [2.24, 2.45) is 5.92 Å². The summed E-state index contributed by atoms with van der Waals surface area (Å²) in [7, 11) is 0. The van der Waals surface area contributed by atoms with Gasteiger partial charge < -0.3 is 4.74 Å². The third kappa shape index (κ3) is 6.74. The number of esters is 2. The summed E-state index contributed by atoms with van der Waals surface area (Å²) in [6, 6.07) is 0. The number of cyclic esters (lactones) is 2. The number of ether oxygens (including phenoxy) is 1. The Morgan fingerprint density at radius 1 is 0.737 bits per heavy atom. The second kappa shape index (κ2) is 9.99. The van der Waals surface area contributed by atoms with Crippen molar-refractivity contribution in [1.82, 2.24) is 0 Å². The predicted octanol–water partition coefficient (Wildman–Crippen LogP) is 4.39. The quantitative estimate of drug-likeness (QED) is 0.299. The number of hydrogen-bond acceptors (Lipinski definition) is 3. The molecule has 0 radical (unpaired) electrons. The van der Waals surface area contributed by atoms with Crippen LogP contribution in [0.1, 0.15) is 84.0 Å². The van der Waals surface area contributed by atoms with Gasteiger partial charge in [-0.3, -0.25) is 9.59 Å². The zero-order chi connectivity index (χ0) is 13.9. The van der Waals surface area contributed by atoms with Crippen molar-refractivity contribution in [2.75, 3.05) is 0 Å². The van der Waals surface area contributed by atoms with Gasteiger partial charge in [-0.2, -0.15) is 0 Å². The summed E-state index contributed by atoms with van der Waals surface area (Å²) in [5.41, 5.74) is 0. The minimum atomic E-state index is -0.432. The maximum atomic E-state index is 10.9. The van der Waals surface area contributed by atoms with Crippen molar-refractivity contribution in [2.45, 2.75) is 84.0 Å². The molecule has 1 aliphatic heterocycles. The molecule has 1 aliphatic rings. The molecule has 19 heavy (non-hydrogen) atoms. The van der Waals surface area contributed by atoms with Crippen molar-refractivity contribution in [3.05, 3.63) is 0 Å². The van der Waals surface area contributed by atoms with Crippen LogP contribution in [0.3, 0.4) is 0 Å². The predicted molar refractivity (Wildman–Crippen MR) is 75.7 cm³/mol. The molecule has 0 atom stereocenters. The SMILES string of the molecule is CCCCCCCCCCCCCC1C(=O)OC1=O. The van der Waals surface area contributed by atoms with E-state index in [0.717, 1.165) is 12.8 Å². The minimum absolute atomic E-state index is 0.322. The highest BCUT2D eigenvalue weighted by molar-refractivity contribution is 6.09. The van der Waals surface area contributed by atoms with Crippen LogP contribution in [0.2, 0.25) is 0 Å². The highest BCUT2D eigenvalue weighted by atomic mass is 16.6. The van der Waals surface area contributed by atoms with E-state index in [2.05, 4.69) is 11.7 Å². The smallest absolute Gasteiger partial charge is 0.328 e. The Bertz CT molecular complexity index is 259. The van der Waals surface area contributed by atoms with Gasteiger partial charge in [-0.15, -0.1) is 0 Å². The average Bonchev–Trinajstić information content (AvgIpc) is 2.40. The molecule has 0 N–H and O–H groups in total. The molecule has 0 aromatic rings. The van der Waals surface area contributed by atoms with Gasteiger partial charge in [0.05, 0.1) is 0 Å². The summed E-state index contributed by atoms with van der Waals surface area (Å²) in [4.78, 5) is 21.8. The maximum Gasteiger partial charge on any atom is 0.328 e. The van der Waals surface area contributed by atoms with Gasteiger partial charge in [-0.1, -0.05) is 77.6 Å². The summed E-state index contributed by atoms with van der Waals surface area (Å²) < 4.78 is 4.32. The van der Waals surface area contributed by atoms with E-state index in [1.165, 1.54) is 57.8 Å². The Morgan fingerprint density at radius 2 is 1.16 bits per heavy atom. The molecule has 0 unspecified atom stereocenters. The fraction of sp³-hybridized carbons (Fsp3) is 0.875.